The van der Waals surface area contributed by atoms with Crippen LogP contribution in [0.3, 0.4) is 0 Å². The fourth-order valence-electron chi connectivity index (χ4n) is 2.13. The highest BCUT2D eigenvalue weighted by molar-refractivity contribution is 9.10. The van der Waals surface area contributed by atoms with Gasteiger partial charge in [-0.05, 0) is 60.8 Å². The molecule has 0 spiro atoms. The van der Waals surface area contributed by atoms with Crippen LogP contribution < -0.4 is 4.74 Å². The van der Waals surface area contributed by atoms with E-state index >= 15 is 0 Å². The fourth-order valence-corrected chi connectivity index (χ4v) is 2.46. The molecule has 0 amide bonds. The van der Waals surface area contributed by atoms with Gasteiger partial charge in [0.2, 0.25) is 0 Å². The van der Waals surface area contributed by atoms with Gasteiger partial charge < -0.3 is 14.9 Å². The van der Waals surface area contributed by atoms with Gasteiger partial charge in [0.25, 0.3) is 0 Å². The number of ether oxygens (including phenoxy) is 1. The monoisotopic (exact) mass is 338 g/mol. The van der Waals surface area contributed by atoms with E-state index in [1.165, 1.54) is 0 Å². The molecule has 4 heteroatoms. The number of hydrogen-bond donors (Lipinski definition) is 2. The molecular formula is C16H19BrO3. The molecule has 0 saturated carbocycles. The topological polar surface area (TPSA) is 49.7 Å². The summed E-state index contributed by atoms with van der Waals surface area (Å²) in [5, 5.41) is 19.5. The first kappa shape index (κ1) is 15.1. The number of rotatable bonds is 4. The van der Waals surface area contributed by atoms with Gasteiger partial charge in [-0.1, -0.05) is 18.2 Å². The van der Waals surface area contributed by atoms with Gasteiger partial charge >= 0.3 is 0 Å². The molecule has 1 heterocycles. The number of phenolic OH excluding ortho intramolecular Hbond substituents is 1. The molecule has 2 atom stereocenters. The van der Waals surface area contributed by atoms with E-state index in [0.29, 0.717) is 17.3 Å². The van der Waals surface area contributed by atoms with Gasteiger partial charge in [-0.3, -0.25) is 0 Å². The minimum Gasteiger partial charge on any atom is -0.507 e. The van der Waals surface area contributed by atoms with Crippen LogP contribution >= 0.6 is 15.9 Å². The molecule has 108 valence electrons. The van der Waals surface area contributed by atoms with Crippen molar-refractivity contribution in [3.8, 4) is 11.5 Å². The van der Waals surface area contributed by atoms with Crippen molar-refractivity contribution in [2.24, 2.45) is 0 Å². The number of aliphatic hydroxyl groups is 1. The lowest BCUT2D eigenvalue weighted by Gasteiger charge is -2.32. The molecule has 0 radical (unpaired) electrons. The Bertz CT molecular complexity index is 565. The van der Waals surface area contributed by atoms with Crippen molar-refractivity contribution in [3.05, 3.63) is 40.4 Å². The van der Waals surface area contributed by atoms with Crippen molar-refractivity contribution >= 4 is 22.0 Å². The minimum absolute atomic E-state index is 0.193. The van der Waals surface area contributed by atoms with Crippen molar-refractivity contribution in [1.82, 2.24) is 0 Å². The van der Waals surface area contributed by atoms with E-state index in [0.717, 1.165) is 16.9 Å². The smallest absolute Gasteiger partial charge is 0.130 e. The Balaban J connectivity index is 2.14. The quantitative estimate of drug-likeness (QED) is 0.814. The Morgan fingerprint density at radius 3 is 2.85 bits per heavy atom. The SMILES string of the molecule is C=C(C)C(O)CCC1(C)C=Cc2cc(O)c(Br)cc2O1. The highest BCUT2D eigenvalue weighted by Crippen LogP contribution is 2.39. The molecule has 0 aromatic heterocycles. The number of halogens is 1. The second-order valence-electron chi connectivity index (χ2n) is 5.49. The predicted octanol–water partition coefficient (Wildman–Crippen LogP) is 4.04. The van der Waals surface area contributed by atoms with Crippen molar-refractivity contribution in [2.75, 3.05) is 0 Å². The summed E-state index contributed by atoms with van der Waals surface area (Å²) >= 11 is 3.29. The Morgan fingerprint density at radius 2 is 2.20 bits per heavy atom. The van der Waals surface area contributed by atoms with Gasteiger partial charge in [0, 0.05) is 5.56 Å². The largest absolute Gasteiger partial charge is 0.507 e. The van der Waals surface area contributed by atoms with E-state index < -0.39 is 11.7 Å². The third-order valence-electron chi connectivity index (χ3n) is 3.52. The lowest BCUT2D eigenvalue weighted by atomic mass is 9.92. The van der Waals surface area contributed by atoms with Gasteiger partial charge in [-0.2, -0.15) is 0 Å². The van der Waals surface area contributed by atoms with E-state index in [2.05, 4.69) is 22.5 Å². The van der Waals surface area contributed by atoms with Crippen molar-refractivity contribution in [1.29, 1.82) is 0 Å². The predicted molar refractivity (Wildman–Crippen MR) is 83.9 cm³/mol. The Hall–Kier alpha value is -1.26. The van der Waals surface area contributed by atoms with Crippen LogP contribution in [-0.4, -0.2) is 21.9 Å². The second kappa shape index (κ2) is 5.62. The van der Waals surface area contributed by atoms with Crippen LogP contribution in [0.15, 0.2) is 34.8 Å². The van der Waals surface area contributed by atoms with Crippen LogP contribution in [0.1, 0.15) is 32.3 Å². The molecule has 0 aliphatic carbocycles. The first-order valence-electron chi connectivity index (χ1n) is 6.55. The van der Waals surface area contributed by atoms with Crippen LogP contribution in [0.25, 0.3) is 6.08 Å². The van der Waals surface area contributed by atoms with Gasteiger partial charge in [-0.15, -0.1) is 0 Å². The number of benzene rings is 1. The lowest BCUT2D eigenvalue weighted by Crippen LogP contribution is -2.33. The molecule has 0 fully saturated rings. The number of fused-ring (bicyclic) bond motifs is 1. The first-order valence-corrected chi connectivity index (χ1v) is 7.34. The molecule has 0 saturated heterocycles. The average Bonchev–Trinajstić information content (AvgIpc) is 2.38. The summed E-state index contributed by atoms with van der Waals surface area (Å²) in [7, 11) is 0. The van der Waals surface area contributed by atoms with Crippen molar-refractivity contribution in [3.63, 3.8) is 0 Å². The molecule has 2 rings (SSSR count). The van der Waals surface area contributed by atoms with Crippen LogP contribution in [0.4, 0.5) is 0 Å². The molecular weight excluding hydrogens is 320 g/mol. The maximum atomic E-state index is 9.83. The van der Waals surface area contributed by atoms with E-state index in [9.17, 15) is 10.2 Å². The van der Waals surface area contributed by atoms with E-state index in [1.807, 2.05) is 26.0 Å². The van der Waals surface area contributed by atoms with Crippen LogP contribution in [0.2, 0.25) is 0 Å². The van der Waals surface area contributed by atoms with Crippen molar-refractivity contribution < 1.29 is 14.9 Å². The Morgan fingerprint density at radius 1 is 1.50 bits per heavy atom. The van der Waals surface area contributed by atoms with Gasteiger partial charge in [0.15, 0.2) is 0 Å². The molecule has 0 bridgehead atoms. The number of aromatic hydroxyl groups is 1. The van der Waals surface area contributed by atoms with Gasteiger partial charge in [-0.25, -0.2) is 0 Å². The van der Waals surface area contributed by atoms with E-state index in [1.54, 1.807) is 12.1 Å². The third kappa shape index (κ3) is 3.25. The zero-order valence-corrected chi connectivity index (χ0v) is 13.3. The van der Waals surface area contributed by atoms with E-state index in [4.69, 9.17) is 4.74 Å². The number of aliphatic hydroxyl groups excluding tert-OH is 1. The fraction of sp³-hybridized carbons (Fsp3) is 0.375. The summed E-state index contributed by atoms with van der Waals surface area (Å²) in [5.74, 6) is 0.919. The minimum atomic E-state index is -0.503. The standard InChI is InChI=1S/C16H19BrO3/c1-10(2)13(18)5-7-16(3)6-4-11-8-14(19)12(17)9-15(11)20-16/h4,6,8-9,13,18-19H,1,5,7H2,2-3H3. The molecule has 2 unspecified atom stereocenters. The highest BCUT2D eigenvalue weighted by Gasteiger charge is 2.28. The van der Waals surface area contributed by atoms with Crippen LogP contribution in [0, 0.1) is 0 Å². The van der Waals surface area contributed by atoms with Crippen molar-refractivity contribution in [2.45, 2.75) is 38.4 Å². The maximum Gasteiger partial charge on any atom is 0.130 e. The Kier molecular flexibility index (Phi) is 4.25. The maximum absolute atomic E-state index is 9.83. The summed E-state index contributed by atoms with van der Waals surface area (Å²) in [6, 6.07) is 3.43. The molecule has 2 N–H and O–H groups in total. The molecule has 1 aromatic carbocycles. The van der Waals surface area contributed by atoms with Crippen LogP contribution in [0.5, 0.6) is 11.5 Å². The zero-order valence-electron chi connectivity index (χ0n) is 11.7. The van der Waals surface area contributed by atoms with Gasteiger partial charge in [0.1, 0.15) is 17.1 Å². The highest BCUT2D eigenvalue weighted by atomic mass is 79.9. The summed E-state index contributed by atoms with van der Waals surface area (Å²) < 4.78 is 6.62. The van der Waals surface area contributed by atoms with Gasteiger partial charge in [0.05, 0.1) is 10.6 Å². The Labute approximate surface area is 127 Å². The van der Waals surface area contributed by atoms with Crippen LogP contribution in [-0.2, 0) is 0 Å². The number of hydrogen-bond acceptors (Lipinski definition) is 3. The molecule has 20 heavy (non-hydrogen) atoms. The zero-order chi connectivity index (χ0) is 14.9. The average molecular weight is 339 g/mol. The first-order chi connectivity index (χ1) is 9.31. The second-order valence-corrected chi connectivity index (χ2v) is 6.34. The number of phenols is 1. The molecule has 1 aliphatic rings. The molecule has 1 aliphatic heterocycles. The molecule has 1 aromatic rings. The van der Waals surface area contributed by atoms with E-state index in [-0.39, 0.29) is 5.75 Å². The normalized spacial score (nSPS) is 22.0. The molecule has 3 nitrogen and oxygen atoms in total. The summed E-state index contributed by atoms with van der Waals surface area (Å²) in [6.07, 6.45) is 4.70. The summed E-state index contributed by atoms with van der Waals surface area (Å²) in [5.41, 5.74) is 1.16. The lowest BCUT2D eigenvalue weighted by molar-refractivity contribution is 0.101. The summed E-state index contributed by atoms with van der Waals surface area (Å²) in [6.45, 7) is 7.56. The summed E-state index contributed by atoms with van der Waals surface area (Å²) in [4.78, 5) is 0. The third-order valence-corrected chi connectivity index (χ3v) is 4.16.